The van der Waals surface area contributed by atoms with E-state index >= 15 is 0 Å². The van der Waals surface area contributed by atoms with Gasteiger partial charge in [0.05, 0.1) is 0 Å². The first-order chi connectivity index (χ1) is 6.11. The topological polar surface area (TPSA) is 59.2 Å². The van der Waals surface area contributed by atoms with Gasteiger partial charge in [0.2, 0.25) is 6.39 Å². The molecule has 2 heterocycles. The Bertz CT molecular complexity index is 318. The molecule has 5 heteroatoms. The van der Waals surface area contributed by atoms with Gasteiger partial charge in [0.1, 0.15) is 0 Å². The van der Waals surface area contributed by atoms with Crippen molar-refractivity contribution in [3.63, 3.8) is 0 Å². The lowest BCUT2D eigenvalue weighted by Gasteiger charge is -2.47. The van der Waals surface area contributed by atoms with E-state index in [4.69, 9.17) is 0 Å². The lowest BCUT2D eigenvalue weighted by molar-refractivity contribution is 0.0143. The van der Waals surface area contributed by atoms with Gasteiger partial charge >= 0.3 is 0 Å². The molecule has 1 aromatic heterocycles. The first-order valence-corrected chi connectivity index (χ1v) is 4.19. The van der Waals surface area contributed by atoms with E-state index in [9.17, 15) is 4.79 Å². The fourth-order valence-corrected chi connectivity index (χ4v) is 1.43. The quantitative estimate of drug-likeness (QED) is 0.639. The Labute approximate surface area is 75.7 Å². The third-order valence-electron chi connectivity index (χ3n) is 2.48. The smallest absolute Gasteiger partial charge is 0.295 e. The summed E-state index contributed by atoms with van der Waals surface area (Å²) in [4.78, 5) is 17.1. The second-order valence-corrected chi connectivity index (χ2v) is 3.77. The van der Waals surface area contributed by atoms with Crippen LogP contribution in [0.15, 0.2) is 10.9 Å². The molecule has 2 rings (SSSR count). The minimum Gasteiger partial charge on any atom is -0.342 e. The van der Waals surface area contributed by atoms with Crippen LogP contribution in [0.2, 0.25) is 0 Å². The third-order valence-corrected chi connectivity index (χ3v) is 2.48. The Kier molecular flexibility index (Phi) is 1.61. The Morgan fingerprint density at radius 3 is 2.85 bits per heavy atom. The summed E-state index contributed by atoms with van der Waals surface area (Å²) in [6.07, 6.45) is 2.19. The molecule has 0 spiro atoms. The Hall–Kier alpha value is -1.39. The molecule has 13 heavy (non-hydrogen) atoms. The molecule has 0 aromatic carbocycles. The van der Waals surface area contributed by atoms with Gasteiger partial charge in [-0.25, -0.2) is 0 Å². The van der Waals surface area contributed by atoms with Crippen molar-refractivity contribution in [3.05, 3.63) is 12.2 Å². The first kappa shape index (κ1) is 8.22. The summed E-state index contributed by atoms with van der Waals surface area (Å²) >= 11 is 0. The SMILES string of the molecule is CC1(C)CCN1C(=O)c1ncon1. The average molecular weight is 181 g/mol. The van der Waals surface area contributed by atoms with Gasteiger partial charge in [0.15, 0.2) is 0 Å². The van der Waals surface area contributed by atoms with E-state index in [2.05, 4.69) is 14.7 Å². The van der Waals surface area contributed by atoms with Gasteiger partial charge < -0.3 is 9.42 Å². The molecule has 0 aliphatic carbocycles. The number of carbonyl (C=O) groups excluding carboxylic acids is 1. The predicted molar refractivity (Wildman–Crippen MR) is 44.0 cm³/mol. The average Bonchev–Trinajstić information content (AvgIpc) is 2.54. The molecule has 0 unspecified atom stereocenters. The van der Waals surface area contributed by atoms with Crippen molar-refractivity contribution < 1.29 is 9.32 Å². The van der Waals surface area contributed by atoms with E-state index in [0.29, 0.717) is 0 Å². The molecule has 1 aliphatic rings. The van der Waals surface area contributed by atoms with E-state index in [-0.39, 0.29) is 17.3 Å². The minimum absolute atomic E-state index is 0.0578. The van der Waals surface area contributed by atoms with Crippen molar-refractivity contribution in [3.8, 4) is 0 Å². The highest BCUT2D eigenvalue weighted by molar-refractivity contribution is 5.91. The zero-order valence-electron chi connectivity index (χ0n) is 7.65. The Morgan fingerprint density at radius 2 is 2.46 bits per heavy atom. The molecule has 0 saturated carbocycles. The number of likely N-dealkylation sites (tertiary alicyclic amines) is 1. The number of nitrogens with zero attached hydrogens (tertiary/aromatic N) is 3. The highest BCUT2D eigenvalue weighted by Crippen LogP contribution is 2.30. The monoisotopic (exact) mass is 181 g/mol. The summed E-state index contributed by atoms with van der Waals surface area (Å²) in [6, 6.07) is 0. The predicted octanol–water partition coefficient (Wildman–Crippen LogP) is 0.694. The molecule has 1 saturated heterocycles. The van der Waals surface area contributed by atoms with Crippen molar-refractivity contribution in [2.45, 2.75) is 25.8 Å². The molecule has 1 aliphatic heterocycles. The summed E-state index contributed by atoms with van der Waals surface area (Å²) in [5.74, 6) is -0.00206. The van der Waals surface area contributed by atoms with Crippen LogP contribution in [0.5, 0.6) is 0 Å². The molecular weight excluding hydrogens is 170 g/mol. The van der Waals surface area contributed by atoms with Gasteiger partial charge in [-0.3, -0.25) is 4.79 Å². The summed E-state index contributed by atoms with van der Waals surface area (Å²) in [6.45, 7) is 4.82. The molecule has 0 bridgehead atoms. The lowest BCUT2D eigenvalue weighted by atomic mass is 9.89. The van der Waals surface area contributed by atoms with Gasteiger partial charge in [0.25, 0.3) is 11.7 Å². The largest absolute Gasteiger partial charge is 0.342 e. The summed E-state index contributed by atoms with van der Waals surface area (Å²) in [7, 11) is 0. The molecule has 70 valence electrons. The maximum absolute atomic E-state index is 11.6. The molecule has 1 aromatic rings. The molecule has 0 N–H and O–H groups in total. The van der Waals surface area contributed by atoms with Crippen LogP contribution in [0.1, 0.15) is 30.9 Å². The van der Waals surface area contributed by atoms with Crippen molar-refractivity contribution in [2.24, 2.45) is 0 Å². The van der Waals surface area contributed by atoms with Crippen LogP contribution < -0.4 is 0 Å². The number of aromatic nitrogens is 2. The highest BCUT2D eigenvalue weighted by Gasteiger charge is 2.40. The summed E-state index contributed by atoms with van der Waals surface area (Å²) in [5.41, 5.74) is -0.0578. The van der Waals surface area contributed by atoms with E-state index in [0.717, 1.165) is 13.0 Å². The third kappa shape index (κ3) is 1.20. The maximum Gasteiger partial charge on any atom is 0.295 e. The van der Waals surface area contributed by atoms with E-state index in [1.54, 1.807) is 4.90 Å². The van der Waals surface area contributed by atoms with Crippen molar-refractivity contribution in [1.29, 1.82) is 0 Å². The minimum atomic E-state index is -0.148. The van der Waals surface area contributed by atoms with Crippen molar-refractivity contribution >= 4 is 5.91 Å². The van der Waals surface area contributed by atoms with Crippen molar-refractivity contribution in [1.82, 2.24) is 15.0 Å². The number of hydrogen-bond donors (Lipinski definition) is 0. The van der Waals surface area contributed by atoms with Crippen LogP contribution in [-0.2, 0) is 0 Å². The van der Waals surface area contributed by atoms with Crippen LogP contribution in [0.3, 0.4) is 0 Å². The number of rotatable bonds is 1. The highest BCUT2D eigenvalue weighted by atomic mass is 16.5. The van der Waals surface area contributed by atoms with Crippen LogP contribution in [0.4, 0.5) is 0 Å². The normalized spacial score (nSPS) is 19.7. The second-order valence-electron chi connectivity index (χ2n) is 3.77. The second kappa shape index (κ2) is 2.55. The van der Waals surface area contributed by atoms with E-state index in [1.165, 1.54) is 6.39 Å². The summed E-state index contributed by atoms with van der Waals surface area (Å²) in [5, 5.41) is 3.51. The van der Waals surface area contributed by atoms with Gasteiger partial charge in [-0.2, -0.15) is 4.98 Å². The fourth-order valence-electron chi connectivity index (χ4n) is 1.43. The first-order valence-electron chi connectivity index (χ1n) is 4.19. The van der Waals surface area contributed by atoms with Crippen LogP contribution in [-0.4, -0.2) is 33.0 Å². The zero-order valence-corrected chi connectivity index (χ0v) is 7.65. The standard InChI is InChI=1S/C8H11N3O2/c1-8(2)3-4-11(8)7(12)6-9-5-13-10-6/h5H,3-4H2,1-2H3. The van der Waals surface area contributed by atoms with Gasteiger partial charge in [-0.05, 0) is 20.3 Å². The van der Waals surface area contributed by atoms with Gasteiger partial charge in [-0.15, -0.1) is 0 Å². The van der Waals surface area contributed by atoms with E-state index in [1.807, 2.05) is 13.8 Å². The number of amides is 1. The summed E-state index contributed by atoms with van der Waals surface area (Å²) < 4.78 is 4.51. The molecular formula is C8H11N3O2. The molecule has 0 radical (unpaired) electrons. The van der Waals surface area contributed by atoms with E-state index < -0.39 is 0 Å². The number of carbonyl (C=O) groups is 1. The van der Waals surface area contributed by atoms with Crippen LogP contribution >= 0.6 is 0 Å². The molecule has 1 fully saturated rings. The fraction of sp³-hybridized carbons (Fsp3) is 0.625. The number of hydrogen-bond acceptors (Lipinski definition) is 4. The Morgan fingerprint density at radius 1 is 1.69 bits per heavy atom. The molecule has 1 amide bonds. The Balaban J connectivity index is 2.15. The lowest BCUT2D eigenvalue weighted by Crippen LogP contribution is -2.58. The van der Waals surface area contributed by atoms with Crippen LogP contribution in [0.25, 0.3) is 0 Å². The molecule has 0 atom stereocenters. The molecule has 5 nitrogen and oxygen atoms in total. The maximum atomic E-state index is 11.6. The van der Waals surface area contributed by atoms with Gasteiger partial charge in [-0.1, -0.05) is 5.16 Å². The zero-order chi connectivity index (χ0) is 9.47. The van der Waals surface area contributed by atoms with Crippen molar-refractivity contribution in [2.75, 3.05) is 6.54 Å². The van der Waals surface area contributed by atoms with Crippen LogP contribution in [0, 0.1) is 0 Å². The van der Waals surface area contributed by atoms with Gasteiger partial charge in [0, 0.05) is 12.1 Å².